The molecule has 1 aromatic carbocycles. The van der Waals surface area contributed by atoms with E-state index in [-0.39, 0.29) is 0 Å². The number of hydrogen-bond donors (Lipinski definition) is 0. The Kier molecular flexibility index (Phi) is 3.55. The molecule has 0 fully saturated rings. The van der Waals surface area contributed by atoms with Crippen LogP contribution in [0.3, 0.4) is 0 Å². The van der Waals surface area contributed by atoms with Crippen molar-refractivity contribution in [3.8, 4) is 16.6 Å². The molecule has 1 aromatic heterocycles. The largest absolute Gasteiger partial charge is 0.240 e. The highest BCUT2D eigenvalue weighted by Crippen LogP contribution is 2.27. The first-order valence-electron chi connectivity index (χ1n) is 5.71. The van der Waals surface area contributed by atoms with E-state index in [1.54, 1.807) is 0 Å². The van der Waals surface area contributed by atoms with Crippen molar-refractivity contribution < 1.29 is 0 Å². The van der Waals surface area contributed by atoms with Gasteiger partial charge in [-0.2, -0.15) is 5.26 Å². The fraction of sp³-hybridized carbons (Fsp3) is 0.286. The fourth-order valence-corrected chi connectivity index (χ4v) is 2.60. The van der Waals surface area contributed by atoms with E-state index in [1.165, 1.54) is 16.9 Å². The average molecular weight is 242 g/mol. The fourth-order valence-electron chi connectivity index (χ4n) is 1.73. The predicted molar refractivity (Wildman–Crippen MR) is 71.0 cm³/mol. The Morgan fingerprint density at radius 3 is 2.53 bits per heavy atom. The molecule has 0 unspecified atom stereocenters. The van der Waals surface area contributed by atoms with Crippen LogP contribution in [0.4, 0.5) is 0 Å². The summed E-state index contributed by atoms with van der Waals surface area (Å²) in [5.41, 5.74) is 3.27. The first-order valence-corrected chi connectivity index (χ1v) is 6.53. The number of hydrogen-bond acceptors (Lipinski definition) is 3. The number of aromatic nitrogens is 1. The van der Waals surface area contributed by atoms with Crippen LogP contribution in [-0.2, 0) is 6.42 Å². The summed E-state index contributed by atoms with van der Waals surface area (Å²) in [7, 11) is 0. The van der Waals surface area contributed by atoms with Crippen molar-refractivity contribution >= 4 is 11.3 Å². The number of nitrogens with zero attached hydrogens (tertiary/aromatic N) is 2. The molecule has 0 bridgehead atoms. The van der Waals surface area contributed by atoms with E-state index in [2.05, 4.69) is 42.2 Å². The Hall–Kier alpha value is -1.66. The lowest BCUT2D eigenvalue weighted by molar-refractivity contribution is 0.922. The zero-order valence-corrected chi connectivity index (χ0v) is 10.8. The first-order chi connectivity index (χ1) is 8.24. The van der Waals surface area contributed by atoms with E-state index in [9.17, 15) is 0 Å². The molecule has 2 rings (SSSR count). The Labute approximate surface area is 106 Å². The van der Waals surface area contributed by atoms with Crippen LogP contribution in [0.15, 0.2) is 24.3 Å². The summed E-state index contributed by atoms with van der Waals surface area (Å²) < 4.78 is 0. The second-order valence-corrected chi connectivity index (χ2v) is 4.99. The molecule has 0 atom stereocenters. The van der Waals surface area contributed by atoms with Gasteiger partial charge in [-0.1, -0.05) is 37.6 Å². The lowest BCUT2D eigenvalue weighted by Crippen LogP contribution is -1.83. The molecule has 0 saturated carbocycles. The second kappa shape index (κ2) is 5.11. The molecule has 0 radical (unpaired) electrons. The normalized spacial score (nSPS) is 10.2. The van der Waals surface area contributed by atoms with Gasteiger partial charge in [0.05, 0.1) is 5.69 Å². The minimum absolute atomic E-state index is 0.706. The van der Waals surface area contributed by atoms with Crippen LogP contribution in [0.1, 0.15) is 29.5 Å². The zero-order valence-electron chi connectivity index (χ0n) is 10.0. The van der Waals surface area contributed by atoms with Gasteiger partial charge < -0.3 is 0 Å². The quantitative estimate of drug-likeness (QED) is 0.817. The molecular formula is C14H14N2S. The average Bonchev–Trinajstić information content (AvgIpc) is 2.72. The number of benzene rings is 1. The summed E-state index contributed by atoms with van der Waals surface area (Å²) in [6.07, 6.45) is 2.27. The van der Waals surface area contributed by atoms with E-state index in [4.69, 9.17) is 5.26 Å². The van der Waals surface area contributed by atoms with E-state index < -0.39 is 0 Å². The van der Waals surface area contributed by atoms with Crippen LogP contribution in [-0.4, -0.2) is 4.98 Å². The smallest absolute Gasteiger partial charge is 0.128 e. The van der Waals surface area contributed by atoms with Crippen molar-refractivity contribution in [3.63, 3.8) is 0 Å². The van der Waals surface area contributed by atoms with Crippen LogP contribution in [0.25, 0.3) is 10.6 Å². The highest BCUT2D eigenvalue weighted by molar-refractivity contribution is 7.15. The van der Waals surface area contributed by atoms with Gasteiger partial charge in [-0.25, -0.2) is 4.98 Å². The number of rotatable bonds is 3. The molecule has 1 heterocycles. The van der Waals surface area contributed by atoms with Gasteiger partial charge in [0.25, 0.3) is 0 Å². The van der Waals surface area contributed by atoms with E-state index in [0.717, 1.165) is 29.1 Å². The van der Waals surface area contributed by atoms with Gasteiger partial charge in [0.1, 0.15) is 16.0 Å². The molecule has 0 aliphatic heterocycles. The highest BCUT2D eigenvalue weighted by Gasteiger charge is 2.08. The molecule has 86 valence electrons. The monoisotopic (exact) mass is 242 g/mol. The van der Waals surface area contributed by atoms with Crippen molar-refractivity contribution in [2.45, 2.75) is 26.7 Å². The molecule has 2 aromatic rings. The van der Waals surface area contributed by atoms with Crippen LogP contribution in [0, 0.1) is 18.3 Å². The first kappa shape index (κ1) is 11.8. The van der Waals surface area contributed by atoms with Gasteiger partial charge in [-0.05, 0) is 18.9 Å². The van der Waals surface area contributed by atoms with Crippen LogP contribution >= 0.6 is 11.3 Å². The molecule has 0 saturated heterocycles. The molecular weight excluding hydrogens is 228 g/mol. The van der Waals surface area contributed by atoms with Gasteiger partial charge >= 0.3 is 0 Å². The Morgan fingerprint density at radius 1 is 1.29 bits per heavy atom. The SMILES string of the molecule is CCCc1ccc(-c2nc(C)c(C#N)s2)cc1. The van der Waals surface area contributed by atoms with Crippen molar-refractivity contribution in [3.05, 3.63) is 40.4 Å². The summed E-state index contributed by atoms with van der Waals surface area (Å²) in [5.74, 6) is 0. The summed E-state index contributed by atoms with van der Waals surface area (Å²) in [6, 6.07) is 10.6. The summed E-state index contributed by atoms with van der Waals surface area (Å²) in [6.45, 7) is 4.06. The Morgan fingerprint density at radius 2 is 2.00 bits per heavy atom. The van der Waals surface area contributed by atoms with Gasteiger partial charge in [0, 0.05) is 5.56 Å². The van der Waals surface area contributed by atoms with Crippen LogP contribution < -0.4 is 0 Å². The second-order valence-electron chi connectivity index (χ2n) is 3.99. The summed E-state index contributed by atoms with van der Waals surface area (Å²) in [5, 5.41) is 9.85. The van der Waals surface area contributed by atoms with Crippen molar-refractivity contribution in [1.29, 1.82) is 5.26 Å². The molecule has 0 aliphatic rings. The molecule has 0 spiro atoms. The zero-order chi connectivity index (χ0) is 12.3. The number of aryl methyl sites for hydroxylation is 2. The lowest BCUT2D eigenvalue weighted by Gasteiger charge is -2.00. The Balaban J connectivity index is 2.30. The molecule has 0 N–H and O–H groups in total. The number of nitriles is 1. The third kappa shape index (κ3) is 2.54. The van der Waals surface area contributed by atoms with E-state index in [0.29, 0.717) is 4.88 Å². The minimum atomic E-state index is 0.706. The summed E-state index contributed by atoms with van der Waals surface area (Å²) in [4.78, 5) is 5.13. The maximum Gasteiger partial charge on any atom is 0.128 e. The maximum atomic E-state index is 8.91. The highest BCUT2D eigenvalue weighted by atomic mass is 32.1. The lowest BCUT2D eigenvalue weighted by atomic mass is 10.1. The van der Waals surface area contributed by atoms with Gasteiger partial charge in [0.15, 0.2) is 0 Å². The minimum Gasteiger partial charge on any atom is -0.240 e. The van der Waals surface area contributed by atoms with Gasteiger partial charge in [0.2, 0.25) is 0 Å². The van der Waals surface area contributed by atoms with Gasteiger partial charge in [-0.3, -0.25) is 0 Å². The third-order valence-corrected chi connectivity index (χ3v) is 3.75. The predicted octanol–water partition coefficient (Wildman–Crippen LogP) is 3.94. The molecule has 17 heavy (non-hydrogen) atoms. The van der Waals surface area contributed by atoms with E-state index >= 15 is 0 Å². The standard InChI is InChI=1S/C14H14N2S/c1-3-4-11-5-7-12(8-6-11)14-16-10(2)13(9-15)17-14/h5-8H,3-4H2,1-2H3. The Bertz CT molecular complexity index is 547. The topological polar surface area (TPSA) is 36.7 Å². The van der Waals surface area contributed by atoms with Crippen LogP contribution in [0.2, 0.25) is 0 Å². The molecule has 2 nitrogen and oxygen atoms in total. The summed E-state index contributed by atoms with van der Waals surface area (Å²) >= 11 is 1.46. The molecule has 0 amide bonds. The van der Waals surface area contributed by atoms with Crippen molar-refractivity contribution in [2.75, 3.05) is 0 Å². The van der Waals surface area contributed by atoms with Crippen molar-refractivity contribution in [1.82, 2.24) is 4.98 Å². The van der Waals surface area contributed by atoms with Crippen molar-refractivity contribution in [2.24, 2.45) is 0 Å². The van der Waals surface area contributed by atoms with Gasteiger partial charge in [-0.15, -0.1) is 11.3 Å². The van der Waals surface area contributed by atoms with E-state index in [1.807, 2.05) is 6.92 Å². The number of thiazole rings is 1. The maximum absolute atomic E-state index is 8.91. The molecule has 0 aliphatic carbocycles. The third-order valence-electron chi connectivity index (χ3n) is 2.64. The molecule has 3 heteroatoms. The van der Waals surface area contributed by atoms with Crippen LogP contribution in [0.5, 0.6) is 0 Å².